The molecular weight excluding hydrogens is 208 g/mol. The Morgan fingerprint density at radius 2 is 1.65 bits per heavy atom. The normalized spacial score (nSPS) is 10.4. The van der Waals surface area contributed by atoms with Crippen LogP contribution >= 0.6 is 0 Å². The highest BCUT2D eigenvalue weighted by Gasteiger charge is 2.05. The Hall–Kier alpha value is -0.980. The average Bonchev–Trinajstić information content (AvgIpc) is 2.43. The van der Waals surface area contributed by atoms with E-state index in [1.54, 1.807) is 7.11 Å². The van der Waals surface area contributed by atoms with E-state index in [2.05, 4.69) is 39.0 Å². The summed E-state index contributed by atoms with van der Waals surface area (Å²) in [6, 6.07) is 6.45. The molecule has 0 N–H and O–H groups in total. The quantitative estimate of drug-likeness (QED) is 0.669. The summed E-state index contributed by atoms with van der Waals surface area (Å²) in [4.78, 5) is 0. The number of ether oxygens (including phenoxy) is 1. The van der Waals surface area contributed by atoms with Crippen molar-refractivity contribution < 1.29 is 4.74 Å². The first kappa shape index (κ1) is 18.4. The lowest BCUT2D eigenvalue weighted by atomic mass is 9.97. The van der Waals surface area contributed by atoms with Crippen LogP contribution in [0, 0.1) is 6.92 Å². The molecule has 0 aromatic heterocycles. The highest BCUT2D eigenvalue weighted by atomic mass is 16.5. The molecule has 1 atom stereocenters. The second kappa shape index (κ2) is 11.5. The molecule has 0 radical (unpaired) electrons. The maximum absolute atomic E-state index is 5.28. The van der Waals surface area contributed by atoms with Gasteiger partial charge in [0.05, 0.1) is 7.11 Å². The van der Waals surface area contributed by atoms with Gasteiger partial charge in [-0.05, 0) is 36.5 Å². The molecule has 17 heavy (non-hydrogen) atoms. The van der Waals surface area contributed by atoms with Gasteiger partial charge in [-0.1, -0.05) is 53.7 Å². The summed E-state index contributed by atoms with van der Waals surface area (Å²) in [5, 5.41) is 0. The van der Waals surface area contributed by atoms with Gasteiger partial charge in [-0.2, -0.15) is 0 Å². The van der Waals surface area contributed by atoms with Gasteiger partial charge in [0.1, 0.15) is 5.75 Å². The summed E-state index contributed by atoms with van der Waals surface area (Å²) in [7, 11) is 1.72. The van der Waals surface area contributed by atoms with Crippen molar-refractivity contribution in [2.45, 2.75) is 60.8 Å². The third-order valence-electron chi connectivity index (χ3n) is 2.61. The van der Waals surface area contributed by atoms with Gasteiger partial charge in [0.15, 0.2) is 0 Å². The van der Waals surface area contributed by atoms with Crippen LogP contribution in [0.15, 0.2) is 18.2 Å². The Labute approximate surface area is 108 Å². The number of methoxy groups -OCH3 is 1. The van der Waals surface area contributed by atoms with Gasteiger partial charge in [0, 0.05) is 0 Å². The Balaban J connectivity index is 0. The van der Waals surface area contributed by atoms with Crippen LogP contribution in [0.1, 0.15) is 65.0 Å². The SMILES string of the molecule is CC.CC.CCC(C)c1ccc(C)c(OC)c1. The van der Waals surface area contributed by atoms with Crippen molar-refractivity contribution in [1.29, 1.82) is 0 Å². The molecule has 0 aliphatic heterocycles. The zero-order chi connectivity index (χ0) is 13.8. The third-order valence-corrected chi connectivity index (χ3v) is 2.61. The number of rotatable bonds is 3. The predicted molar refractivity (Wildman–Crippen MR) is 79.1 cm³/mol. The number of aryl methyl sites for hydroxylation is 1. The lowest BCUT2D eigenvalue weighted by Gasteiger charge is -2.12. The van der Waals surface area contributed by atoms with Crippen molar-refractivity contribution in [3.8, 4) is 5.75 Å². The van der Waals surface area contributed by atoms with E-state index >= 15 is 0 Å². The van der Waals surface area contributed by atoms with Crippen LogP contribution in [0.4, 0.5) is 0 Å². The summed E-state index contributed by atoms with van der Waals surface area (Å²) in [5.41, 5.74) is 2.57. The summed E-state index contributed by atoms with van der Waals surface area (Å²) >= 11 is 0. The summed E-state index contributed by atoms with van der Waals surface area (Å²) in [6.45, 7) is 14.5. The van der Waals surface area contributed by atoms with E-state index in [1.165, 1.54) is 17.5 Å². The molecule has 0 bridgehead atoms. The molecule has 1 heteroatoms. The smallest absolute Gasteiger partial charge is 0.122 e. The van der Waals surface area contributed by atoms with E-state index in [-0.39, 0.29) is 0 Å². The van der Waals surface area contributed by atoms with Gasteiger partial charge < -0.3 is 4.74 Å². The van der Waals surface area contributed by atoms with Crippen LogP contribution in [-0.4, -0.2) is 7.11 Å². The van der Waals surface area contributed by atoms with Crippen LogP contribution in [0.5, 0.6) is 5.75 Å². The molecule has 0 aliphatic rings. The van der Waals surface area contributed by atoms with Gasteiger partial charge in [-0.15, -0.1) is 0 Å². The zero-order valence-corrected chi connectivity index (χ0v) is 12.9. The van der Waals surface area contributed by atoms with Gasteiger partial charge in [0.2, 0.25) is 0 Å². The van der Waals surface area contributed by atoms with E-state index in [0.29, 0.717) is 5.92 Å². The number of hydrogen-bond acceptors (Lipinski definition) is 1. The molecule has 1 rings (SSSR count). The highest BCUT2D eigenvalue weighted by molar-refractivity contribution is 5.37. The second-order valence-corrected chi connectivity index (χ2v) is 3.54. The Bertz CT molecular complexity index is 279. The van der Waals surface area contributed by atoms with Crippen molar-refractivity contribution >= 4 is 0 Å². The molecule has 100 valence electrons. The molecule has 0 aliphatic carbocycles. The van der Waals surface area contributed by atoms with Gasteiger partial charge in [-0.25, -0.2) is 0 Å². The molecule has 1 nitrogen and oxygen atoms in total. The molecule has 0 saturated heterocycles. The van der Waals surface area contributed by atoms with Crippen LogP contribution in [0.3, 0.4) is 0 Å². The molecule has 0 fully saturated rings. The molecule has 0 amide bonds. The fourth-order valence-corrected chi connectivity index (χ4v) is 1.38. The van der Waals surface area contributed by atoms with Crippen molar-refractivity contribution in [1.82, 2.24) is 0 Å². The molecule has 1 aromatic carbocycles. The minimum Gasteiger partial charge on any atom is -0.496 e. The van der Waals surface area contributed by atoms with Crippen LogP contribution in [-0.2, 0) is 0 Å². The molecular formula is C16H30O. The fourth-order valence-electron chi connectivity index (χ4n) is 1.38. The minimum atomic E-state index is 0.620. The van der Waals surface area contributed by atoms with Gasteiger partial charge in [-0.3, -0.25) is 0 Å². The molecule has 1 unspecified atom stereocenters. The van der Waals surface area contributed by atoms with Crippen molar-refractivity contribution in [2.24, 2.45) is 0 Å². The van der Waals surface area contributed by atoms with Crippen LogP contribution in [0.25, 0.3) is 0 Å². The van der Waals surface area contributed by atoms with Crippen molar-refractivity contribution in [3.05, 3.63) is 29.3 Å². The Morgan fingerprint density at radius 1 is 1.12 bits per heavy atom. The molecule has 0 heterocycles. The molecule has 0 saturated carbocycles. The van der Waals surface area contributed by atoms with Crippen molar-refractivity contribution in [2.75, 3.05) is 7.11 Å². The van der Waals surface area contributed by atoms with Gasteiger partial charge in [0.25, 0.3) is 0 Å². The summed E-state index contributed by atoms with van der Waals surface area (Å²) in [5.74, 6) is 1.62. The van der Waals surface area contributed by atoms with E-state index in [9.17, 15) is 0 Å². The maximum atomic E-state index is 5.28. The average molecular weight is 238 g/mol. The monoisotopic (exact) mass is 238 g/mol. The first-order chi connectivity index (χ1) is 8.19. The van der Waals surface area contributed by atoms with Gasteiger partial charge >= 0.3 is 0 Å². The number of hydrogen-bond donors (Lipinski definition) is 0. The topological polar surface area (TPSA) is 9.23 Å². The number of benzene rings is 1. The zero-order valence-electron chi connectivity index (χ0n) is 12.9. The van der Waals surface area contributed by atoms with Crippen molar-refractivity contribution in [3.63, 3.8) is 0 Å². The van der Waals surface area contributed by atoms with E-state index in [4.69, 9.17) is 4.74 Å². The maximum Gasteiger partial charge on any atom is 0.122 e. The van der Waals surface area contributed by atoms with Crippen LogP contribution in [0.2, 0.25) is 0 Å². The Morgan fingerprint density at radius 3 is 2.06 bits per heavy atom. The lowest BCUT2D eigenvalue weighted by molar-refractivity contribution is 0.410. The lowest BCUT2D eigenvalue weighted by Crippen LogP contribution is -1.94. The van der Waals surface area contributed by atoms with Crippen LogP contribution < -0.4 is 4.74 Å². The standard InChI is InChI=1S/C12H18O.2C2H6/c1-5-9(2)11-7-6-10(3)12(8-11)13-4;2*1-2/h6-9H,5H2,1-4H3;2*1-2H3. The van der Waals surface area contributed by atoms with E-state index in [0.717, 1.165) is 5.75 Å². The highest BCUT2D eigenvalue weighted by Crippen LogP contribution is 2.25. The van der Waals surface area contributed by atoms with E-state index < -0.39 is 0 Å². The second-order valence-electron chi connectivity index (χ2n) is 3.54. The largest absolute Gasteiger partial charge is 0.496 e. The fraction of sp³-hybridized carbons (Fsp3) is 0.625. The molecule has 0 spiro atoms. The summed E-state index contributed by atoms with van der Waals surface area (Å²) < 4.78 is 5.28. The first-order valence-electron chi connectivity index (χ1n) is 6.83. The Kier molecular flexibility index (Phi) is 12.4. The predicted octanol–water partition coefficient (Wildman–Crippen LogP) is 5.57. The summed E-state index contributed by atoms with van der Waals surface area (Å²) in [6.07, 6.45) is 1.17. The first-order valence-corrected chi connectivity index (χ1v) is 6.83. The molecule has 1 aromatic rings. The third kappa shape index (κ3) is 6.35. The van der Waals surface area contributed by atoms with E-state index in [1.807, 2.05) is 27.7 Å². The minimum absolute atomic E-state index is 0.620.